The van der Waals surface area contributed by atoms with Gasteiger partial charge in [0.15, 0.2) is 11.5 Å². The fourth-order valence-electron chi connectivity index (χ4n) is 3.97. The Morgan fingerprint density at radius 3 is 2.70 bits per heavy atom. The van der Waals surface area contributed by atoms with Crippen LogP contribution in [0.15, 0.2) is 45.9 Å². The SMILES string of the molecule is CCCCCN1C(=O)NC(c2ccc(OC)c(OC)c2)C(c2nc(-c3cccs3)no2)=C1C. The number of hydrogen-bond acceptors (Lipinski definition) is 7. The van der Waals surface area contributed by atoms with Crippen LogP contribution in [0.25, 0.3) is 16.3 Å². The second-order valence-electron chi connectivity index (χ2n) is 7.76. The van der Waals surface area contributed by atoms with Crippen LogP contribution in [-0.4, -0.2) is 41.8 Å². The van der Waals surface area contributed by atoms with Gasteiger partial charge in [-0.05, 0) is 42.5 Å². The average Bonchev–Trinajstić information content (AvgIpc) is 3.52. The van der Waals surface area contributed by atoms with E-state index in [4.69, 9.17) is 14.0 Å². The summed E-state index contributed by atoms with van der Waals surface area (Å²) in [6, 6.07) is 8.87. The lowest BCUT2D eigenvalue weighted by atomic mass is 9.94. The topological polar surface area (TPSA) is 89.7 Å². The second-order valence-corrected chi connectivity index (χ2v) is 8.70. The maximum atomic E-state index is 13.1. The van der Waals surface area contributed by atoms with Crippen molar-refractivity contribution in [2.75, 3.05) is 20.8 Å². The van der Waals surface area contributed by atoms with Crippen molar-refractivity contribution < 1.29 is 18.8 Å². The van der Waals surface area contributed by atoms with Crippen molar-refractivity contribution in [1.82, 2.24) is 20.4 Å². The lowest BCUT2D eigenvalue weighted by Gasteiger charge is -2.35. The van der Waals surface area contributed by atoms with Gasteiger partial charge in [-0.15, -0.1) is 11.3 Å². The number of unbranched alkanes of at least 4 members (excludes halogenated alkanes) is 2. The number of nitrogens with zero attached hydrogens (tertiary/aromatic N) is 3. The summed E-state index contributed by atoms with van der Waals surface area (Å²) in [6.07, 6.45) is 3.04. The molecule has 3 heterocycles. The Bertz CT molecular complexity index is 1140. The minimum absolute atomic E-state index is 0.148. The molecule has 1 aliphatic rings. The molecule has 0 saturated carbocycles. The summed E-state index contributed by atoms with van der Waals surface area (Å²) in [5, 5.41) is 9.29. The van der Waals surface area contributed by atoms with Crippen molar-refractivity contribution in [2.45, 2.75) is 39.2 Å². The van der Waals surface area contributed by atoms with Crippen LogP contribution in [0, 0.1) is 0 Å². The Kier molecular flexibility index (Phi) is 6.98. The van der Waals surface area contributed by atoms with Gasteiger partial charge < -0.3 is 19.3 Å². The first-order chi connectivity index (χ1) is 16.1. The van der Waals surface area contributed by atoms with Gasteiger partial charge in [0, 0.05) is 12.2 Å². The zero-order chi connectivity index (χ0) is 23.4. The molecule has 0 spiro atoms. The minimum atomic E-state index is -0.476. The lowest BCUT2D eigenvalue weighted by molar-refractivity contribution is 0.204. The largest absolute Gasteiger partial charge is 0.493 e. The van der Waals surface area contributed by atoms with Crippen LogP contribution in [0.3, 0.4) is 0 Å². The van der Waals surface area contributed by atoms with Crippen LogP contribution < -0.4 is 14.8 Å². The van der Waals surface area contributed by atoms with E-state index in [2.05, 4.69) is 22.4 Å². The smallest absolute Gasteiger partial charge is 0.322 e. The molecule has 1 atom stereocenters. The normalized spacial score (nSPS) is 16.2. The van der Waals surface area contributed by atoms with Crippen LogP contribution in [0.1, 0.15) is 50.6 Å². The zero-order valence-corrected chi connectivity index (χ0v) is 20.1. The molecule has 3 aromatic rings. The van der Waals surface area contributed by atoms with E-state index in [1.807, 2.05) is 42.6 Å². The number of carbonyl (C=O) groups is 1. The number of urea groups is 1. The predicted octanol–water partition coefficient (Wildman–Crippen LogP) is 5.50. The average molecular weight is 469 g/mol. The van der Waals surface area contributed by atoms with Crippen LogP contribution in [0.4, 0.5) is 4.79 Å². The highest BCUT2D eigenvalue weighted by atomic mass is 32.1. The number of nitrogens with one attached hydrogen (secondary N) is 1. The van der Waals surface area contributed by atoms with E-state index in [0.29, 0.717) is 29.8 Å². The number of aromatic nitrogens is 2. The van der Waals surface area contributed by atoms with Gasteiger partial charge in [-0.2, -0.15) is 4.98 Å². The fraction of sp³-hybridized carbons (Fsp3) is 0.375. The predicted molar refractivity (Wildman–Crippen MR) is 127 cm³/mol. The molecular formula is C24H28N4O4S. The third kappa shape index (κ3) is 4.59. The Balaban J connectivity index is 1.79. The fourth-order valence-corrected chi connectivity index (χ4v) is 4.62. The van der Waals surface area contributed by atoms with Crippen molar-refractivity contribution in [2.24, 2.45) is 0 Å². The van der Waals surface area contributed by atoms with E-state index in [0.717, 1.165) is 41.0 Å². The molecule has 1 aromatic carbocycles. The van der Waals surface area contributed by atoms with E-state index >= 15 is 0 Å². The monoisotopic (exact) mass is 468 g/mol. The summed E-state index contributed by atoms with van der Waals surface area (Å²) < 4.78 is 16.6. The van der Waals surface area contributed by atoms with Gasteiger partial charge in [0.1, 0.15) is 0 Å². The Morgan fingerprint density at radius 2 is 2.00 bits per heavy atom. The van der Waals surface area contributed by atoms with Gasteiger partial charge in [0.25, 0.3) is 5.89 Å². The molecular weight excluding hydrogens is 440 g/mol. The minimum Gasteiger partial charge on any atom is -0.493 e. The number of hydrogen-bond donors (Lipinski definition) is 1. The molecule has 33 heavy (non-hydrogen) atoms. The zero-order valence-electron chi connectivity index (χ0n) is 19.3. The number of benzene rings is 1. The molecule has 1 N–H and O–H groups in total. The van der Waals surface area contributed by atoms with Gasteiger partial charge in [0.2, 0.25) is 5.82 Å². The van der Waals surface area contributed by atoms with Crippen LogP contribution in [-0.2, 0) is 0 Å². The van der Waals surface area contributed by atoms with E-state index in [-0.39, 0.29) is 6.03 Å². The molecule has 2 aromatic heterocycles. The van der Waals surface area contributed by atoms with Gasteiger partial charge >= 0.3 is 6.03 Å². The summed E-state index contributed by atoms with van der Waals surface area (Å²) in [7, 11) is 3.18. The number of amides is 2. The summed E-state index contributed by atoms with van der Waals surface area (Å²) in [5.74, 6) is 2.11. The molecule has 9 heteroatoms. The van der Waals surface area contributed by atoms with Crippen molar-refractivity contribution in [3.8, 4) is 22.2 Å². The number of ether oxygens (including phenoxy) is 2. The quantitative estimate of drug-likeness (QED) is 0.417. The number of rotatable bonds is 9. The van der Waals surface area contributed by atoms with Gasteiger partial charge in [-0.25, -0.2) is 4.79 Å². The van der Waals surface area contributed by atoms with Gasteiger partial charge in [0.05, 0.1) is 30.7 Å². The molecule has 1 aliphatic heterocycles. The summed E-state index contributed by atoms with van der Waals surface area (Å²) in [6.45, 7) is 4.70. The van der Waals surface area contributed by atoms with Crippen molar-refractivity contribution in [3.63, 3.8) is 0 Å². The van der Waals surface area contributed by atoms with Crippen molar-refractivity contribution in [3.05, 3.63) is 52.9 Å². The lowest BCUT2D eigenvalue weighted by Crippen LogP contribution is -2.46. The highest BCUT2D eigenvalue weighted by molar-refractivity contribution is 7.13. The van der Waals surface area contributed by atoms with E-state index in [1.165, 1.54) is 0 Å². The number of carbonyl (C=O) groups excluding carboxylic acids is 1. The molecule has 0 saturated heterocycles. The third-order valence-electron chi connectivity index (χ3n) is 5.72. The first-order valence-corrected chi connectivity index (χ1v) is 11.8. The second kappa shape index (κ2) is 10.1. The van der Waals surface area contributed by atoms with Gasteiger partial charge in [-0.1, -0.05) is 37.1 Å². The molecule has 1 unspecified atom stereocenters. The molecule has 174 valence electrons. The van der Waals surface area contributed by atoms with Crippen LogP contribution in [0.5, 0.6) is 11.5 Å². The first-order valence-electron chi connectivity index (χ1n) is 11.0. The van der Waals surface area contributed by atoms with Gasteiger partial charge in [-0.3, -0.25) is 4.90 Å². The number of thiophene rings is 1. The highest BCUT2D eigenvalue weighted by Crippen LogP contribution is 2.40. The third-order valence-corrected chi connectivity index (χ3v) is 6.59. The van der Waals surface area contributed by atoms with E-state index < -0.39 is 6.04 Å². The number of methoxy groups -OCH3 is 2. The van der Waals surface area contributed by atoms with Crippen LogP contribution in [0.2, 0.25) is 0 Å². The highest BCUT2D eigenvalue weighted by Gasteiger charge is 2.36. The Morgan fingerprint density at radius 1 is 1.18 bits per heavy atom. The maximum absolute atomic E-state index is 13.1. The summed E-state index contributed by atoms with van der Waals surface area (Å²) in [5.41, 5.74) is 2.41. The summed E-state index contributed by atoms with van der Waals surface area (Å²) >= 11 is 1.55. The molecule has 4 rings (SSSR count). The number of allylic oxidation sites excluding steroid dienone is 1. The molecule has 0 bridgehead atoms. The Hall–Kier alpha value is -3.33. The maximum Gasteiger partial charge on any atom is 0.322 e. The van der Waals surface area contributed by atoms with Crippen LogP contribution >= 0.6 is 11.3 Å². The molecule has 0 radical (unpaired) electrons. The van der Waals surface area contributed by atoms with Crippen molar-refractivity contribution in [1.29, 1.82) is 0 Å². The molecule has 2 amide bonds. The first kappa shape index (κ1) is 22.8. The summed E-state index contributed by atoms with van der Waals surface area (Å²) in [4.78, 5) is 20.4. The standard InChI is InChI=1S/C24H28N4O4S/c1-5-6-7-12-28-15(2)20(23-26-22(27-32-23)19-9-8-13-33-19)21(25-24(28)29)16-10-11-17(30-3)18(14-16)31-4/h8-11,13-14,21H,5-7,12H2,1-4H3,(H,25,29). The van der Waals surface area contributed by atoms with E-state index in [1.54, 1.807) is 30.5 Å². The molecule has 0 fully saturated rings. The molecule has 8 nitrogen and oxygen atoms in total. The molecule has 0 aliphatic carbocycles. The van der Waals surface area contributed by atoms with E-state index in [9.17, 15) is 4.79 Å². The van der Waals surface area contributed by atoms with Crippen molar-refractivity contribution >= 4 is 22.9 Å². The Labute approximate surface area is 197 Å².